The zero-order valence-corrected chi connectivity index (χ0v) is 22.3. The first-order valence-electron chi connectivity index (χ1n) is 13.8. The van der Waals surface area contributed by atoms with Gasteiger partial charge in [-0.2, -0.15) is 10.4 Å². The van der Waals surface area contributed by atoms with Crippen molar-refractivity contribution in [2.75, 3.05) is 26.2 Å². The van der Waals surface area contributed by atoms with Crippen molar-refractivity contribution < 1.29 is 9.18 Å². The average Bonchev–Trinajstić information content (AvgIpc) is 3.67. The number of likely N-dealkylation sites (tertiary alicyclic amines) is 2. The van der Waals surface area contributed by atoms with Gasteiger partial charge < -0.3 is 4.90 Å². The lowest BCUT2D eigenvalue weighted by molar-refractivity contribution is 0.0788. The number of nitrogens with zero attached hydrogens (tertiary/aromatic N) is 6. The van der Waals surface area contributed by atoms with Gasteiger partial charge in [0.15, 0.2) is 0 Å². The van der Waals surface area contributed by atoms with E-state index < -0.39 is 0 Å². The van der Waals surface area contributed by atoms with E-state index in [1.807, 2.05) is 21.7 Å². The minimum absolute atomic E-state index is 0.0212. The van der Waals surface area contributed by atoms with E-state index in [0.717, 1.165) is 62.4 Å². The summed E-state index contributed by atoms with van der Waals surface area (Å²) in [5.74, 6) is 0.200. The third-order valence-corrected chi connectivity index (χ3v) is 8.17. The molecule has 2 aromatic carbocycles. The fraction of sp³-hybridized carbons (Fsp3) is 0.312. The number of nitriles is 1. The van der Waals surface area contributed by atoms with Gasteiger partial charge in [0, 0.05) is 37.7 Å². The van der Waals surface area contributed by atoms with E-state index in [2.05, 4.69) is 45.3 Å². The SMILES string of the molecule is N#Cc1ccc(CN2CCC(c3c(C(=O)N4CCC(c5ccccc5)C4)cnn3-c3ccc(F)cc3)CC2)cn1. The Hall–Kier alpha value is -4.35. The summed E-state index contributed by atoms with van der Waals surface area (Å²) >= 11 is 0. The van der Waals surface area contributed by atoms with Crippen molar-refractivity contribution in [2.24, 2.45) is 0 Å². The smallest absolute Gasteiger partial charge is 0.257 e. The normalized spacial score (nSPS) is 18.1. The Balaban J connectivity index is 1.22. The molecular formula is C32H31FN6O. The van der Waals surface area contributed by atoms with Crippen LogP contribution < -0.4 is 0 Å². The van der Waals surface area contributed by atoms with E-state index in [4.69, 9.17) is 5.26 Å². The van der Waals surface area contributed by atoms with Crippen LogP contribution in [-0.4, -0.2) is 56.7 Å². The molecule has 2 saturated heterocycles. The molecule has 6 rings (SSSR count). The number of amides is 1. The fourth-order valence-electron chi connectivity index (χ4n) is 6.02. The van der Waals surface area contributed by atoms with Gasteiger partial charge in [-0.25, -0.2) is 14.1 Å². The van der Waals surface area contributed by atoms with E-state index in [1.165, 1.54) is 17.7 Å². The number of hydrogen-bond donors (Lipinski definition) is 0. The van der Waals surface area contributed by atoms with E-state index in [9.17, 15) is 9.18 Å². The zero-order chi connectivity index (χ0) is 27.5. The number of aromatic nitrogens is 3. The summed E-state index contributed by atoms with van der Waals surface area (Å²) in [6, 6.07) is 22.5. The minimum atomic E-state index is -0.302. The largest absolute Gasteiger partial charge is 0.338 e. The van der Waals surface area contributed by atoms with E-state index in [0.29, 0.717) is 23.7 Å². The second kappa shape index (κ2) is 11.4. The Labute approximate surface area is 233 Å². The summed E-state index contributed by atoms with van der Waals surface area (Å²) in [7, 11) is 0. The highest BCUT2D eigenvalue weighted by atomic mass is 19.1. The summed E-state index contributed by atoms with van der Waals surface area (Å²) in [6.07, 6.45) is 6.17. The third kappa shape index (κ3) is 5.38. The Morgan fingerprint density at radius 3 is 2.38 bits per heavy atom. The molecular weight excluding hydrogens is 503 g/mol. The Bertz CT molecular complexity index is 1500. The lowest BCUT2D eigenvalue weighted by atomic mass is 9.90. The van der Waals surface area contributed by atoms with Gasteiger partial charge in [0.2, 0.25) is 0 Å². The molecule has 4 heterocycles. The van der Waals surface area contributed by atoms with Crippen molar-refractivity contribution >= 4 is 5.91 Å². The molecule has 2 aliphatic rings. The van der Waals surface area contributed by atoms with Gasteiger partial charge in [0.1, 0.15) is 17.6 Å². The molecule has 0 bridgehead atoms. The third-order valence-electron chi connectivity index (χ3n) is 8.17. The predicted molar refractivity (Wildman–Crippen MR) is 149 cm³/mol. The zero-order valence-electron chi connectivity index (χ0n) is 22.3. The summed E-state index contributed by atoms with van der Waals surface area (Å²) in [5.41, 5.74) is 5.08. The first kappa shape index (κ1) is 25.9. The number of hydrogen-bond acceptors (Lipinski definition) is 5. The summed E-state index contributed by atoms with van der Waals surface area (Å²) in [4.78, 5) is 22.4. The highest BCUT2D eigenvalue weighted by Gasteiger charge is 2.34. The van der Waals surface area contributed by atoms with E-state index >= 15 is 0 Å². The molecule has 7 nitrogen and oxygen atoms in total. The maximum absolute atomic E-state index is 13.9. The van der Waals surface area contributed by atoms with Crippen molar-refractivity contribution in [1.29, 1.82) is 5.26 Å². The van der Waals surface area contributed by atoms with Crippen LogP contribution >= 0.6 is 0 Å². The molecule has 2 aromatic heterocycles. The molecule has 1 amide bonds. The van der Waals surface area contributed by atoms with Crippen molar-refractivity contribution in [3.63, 3.8) is 0 Å². The van der Waals surface area contributed by atoms with Crippen LogP contribution in [0.25, 0.3) is 5.69 Å². The van der Waals surface area contributed by atoms with Crippen LogP contribution in [0.3, 0.4) is 0 Å². The van der Waals surface area contributed by atoms with Crippen molar-refractivity contribution in [1.82, 2.24) is 24.6 Å². The summed E-state index contributed by atoms with van der Waals surface area (Å²) in [6.45, 7) is 3.92. The summed E-state index contributed by atoms with van der Waals surface area (Å²) in [5, 5.41) is 13.7. The predicted octanol–water partition coefficient (Wildman–Crippen LogP) is 5.29. The molecule has 1 unspecified atom stereocenters. The first-order chi connectivity index (χ1) is 19.6. The van der Waals surface area contributed by atoms with Crippen molar-refractivity contribution in [3.05, 3.63) is 113 Å². The van der Waals surface area contributed by atoms with Crippen LogP contribution in [-0.2, 0) is 6.54 Å². The van der Waals surface area contributed by atoms with Gasteiger partial charge in [-0.05, 0) is 73.8 Å². The highest BCUT2D eigenvalue weighted by molar-refractivity contribution is 5.95. The van der Waals surface area contributed by atoms with Gasteiger partial charge in [-0.15, -0.1) is 0 Å². The molecule has 4 aromatic rings. The molecule has 202 valence electrons. The number of carbonyl (C=O) groups excluding carboxylic acids is 1. The lowest BCUT2D eigenvalue weighted by Gasteiger charge is -2.33. The topological polar surface area (TPSA) is 78.0 Å². The molecule has 40 heavy (non-hydrogen) atoms. The van der Waals surface area contributed by atoms with Gasteiger partial charge in [0.25, 0.3) is 5.91 Å². The molecule has 2 fully saturated rings. The number of piperidine rings is 1. The molecule has 8 heteroatoms. The molecule has 0 spiro atoms. The van der Waals surface area contributed by atoms with Gasteiger partial charge >= 0.3 is 0 Å². The molecule has 0 aliphatic carbocycles. The Morgan fingerprint density at radius 2 is 1.68 bits per heavy atom. The van der Waals surface area contributed by atoms with Gasteiger partial charge in [0.05, 0.1) is 23.1 Å². The number of carbonyl (C=O) groups is 1. The molecule has 1 atom stereocenters. The van der Waals surface area contributed by atoms with Crippen LogP contribution in [0.15, 0.2) is 79.1 Å². The van der Waals surface area contributed by atoms with Gasteiger partial charge in [-0.3, -0.25) is 9.69 Å². The molecule has 0 saturated carbocycles. The van der Waals surface area contributed by atoms with Crippen LogP contribution in [0.2, 0.25) is 0 Å². The maximum Gasteiger partial charge on any atom is 0.257 e. The quantitative estimate of drug-likeness (QED) is 0.336. The number of pyridine rings is 1. The molecule has 2 aliphatic heterocycles. The molecule has 0 radical (unpaired) electrons. The highest BCUT2D eigenvalue weighted by Crippen LogP contribution is 2.35. The minimum Gasteiger partial charge on any atom is -0.338 e. The van der Waals surface area contributed by atoms with Crippen LogP contribution in [0.5, 0.6) is 0 Å². The van der Waals surface area contributed by atoms with Crippen LogP contribution in [0.1, 0.15) is 64.0 Å². The number of benzene rings is 2. The number of halogens is 1. The van der Waals surface area contributed by atoms with Crippen LogP contribution in [0, 0.1) is 17.1 Å². The monoisotopic (exact) mass is 534 g/mol. The first-order valence-corrected chi connectivity index (χ1v) is 13.8. The second-order valence-corrected chi connectivity index (χ2v) is 10.7. The van der Waals surface area contributed by atoms with Crippen LogP contribution in [0.4, 0.5) is 4.39 Å². The Morgan fingerprint density at radius 1 is 0.925 bits per heavy atom. The molecule has 0 N–H and O–H groups in total. The second-order valence-electron chi connectivity index (χ2n) is 10.7. The standard InChI is InChI=1S/C32H31FN6O/c33-27-7-10-29(11-8-27)39-31(25-12-15-37(16-13-25)21-23-6-9-28(18-34)35-19-23)30(20-36-39)32(40)38-17-14-26(22-38)24-4-2-1-3-5-24/h1-11,19-20,25-26H,12-17,21-22H2. The van der Waals surface area contributed by atoms with Crippen molar-refractivity contribution in [3.8, 4) is 11.8 Å². The Kier molecular flexibility index (Phi) is 7.39. The van der Waals surface area contributed by atoms with E-state index in [1.54, 1.807) is 30.6 Å². The lowest BCUT2D eigenvalue weighted by Crippen LogP contribution is -2.34. The maximum atomic E-state index is 13.9. The van der Waals surface area contributed by atoms with Gasteiger partial charge in [-0.1, -0.05) is 36.4 Å². The average molecular weight is 535 g/mol. The summed E-state index contributed by atoms with van der Waals surface area (Å²) < 4.78 is 15.6. The van der Waals surface area contributed by atoms with Crippen molar-refractivity contribution in [2.45, 2.75) is 37.6 Å². The van der Waals surface area contributed by atoms with E-state index in [-0.39, 0.29) is 17.6 Å². The number of rotatable bonds is 6. The fourth-order valence-corrected chi connectivity index (χ4v) is 6.02.